The summed E-state index contributed by atoms with van der Waals surface area (Å²) in [6.45, 7) is 4.29. The van der Waals surface area contributed by atoms with Gasteiger partial charge in [0, 0.05) is 55.8 Å². The monoisotopic (exact) mass is 935 g/mol. The second-order valence-electron chi connectivity index (χ2n) is 14.3. The molecule has 285 valence electrons. The van der Waals surface area contributed by atoms with E-state index in [1.807, 2.05) is 110 Å². The van der Waals surface area contributed by atoms with E-state index in [9.17, 15) is 0 Å². The molecule has 0 saturated carbocycles. The molecule has 0 saturated heterocycles. The maximum Gasteiger partial charge on any atom is 0.0714 e. The third-order valence-electron chi connectivity index (χ3n) is 10.4. The van der Waals surface area contributed by atoms with Gasteiger partial charge in [-0.05, 0) is 100 Å². The molecule has 4 heterocycles. The summed E-state index contributed by atoms with van der Waals surface area (Å²) in [5.74, 6) is 0. The quantitative estimate of drug-likeness (QED) is 0.123. The minimum Gasteiger partial charge on any atom is -0.305 e. The number of hydrogen-bond acceptors (Lipinski definition) is 4. The van der Waals surface area contributed by atoms with Crippen LogP contribution in [0.3, 0.4) is 0 Å². The first-order valence-corrected chi connectivity index (χ1v) is 19.4. The number of aryl methyl sites for hydroxylation is 2. The Kier molecular flexibility index (Phi) is 11.7. The summed E-state index contributed by atoms with van der Waals surface area (Å²) in [6, 6.07) is 65.2. The maximum absolute atomic E-state index is 4.74. The van der Waals surface area contributed by atoms with E-state index < -0.39 is 0 Å². The number of fused-ring (bicyclic) bond motifs is 3. The summed E-state index contributed by atoms with van der Waals surface area (Å²) in [7, 11) is 0. The minimum atomic E-state index is 0. The fourth-order valence-electron chi connectivity index (χ4n) is 7.51. The van der Waals surface area contributed by atoms with Crippen molar-refractivity contribution in [3.63, 3.8) is 0 Å². The van der Waals surface area contributed by atoms with Crippen LogP contribution in [0.2, 0.25) is 0 Å². The van der Waals surface area contributed by atoms with E-state index in [1.54, 1.807) is 0 Å². The molecule has 0 aliphatic heterocycles. The van der Waals surface area contributed by atoms with Gasteiger partial charge in [0.05, 0.1) is 11.2 Å². The van der Waals surface area contributed by atoms with Crippen LogP contribution >= 0.6 is 0 Å². The Balaban J connectivity index is 0.000000213. The zero-order valence-corrected chi connectivity index (χ0v) is 35.0. The van der Waals surface area contributed by atoms with Crippen LogP contribution in [0.5, 0.6) is 0 Å². The average Bonchev–Trinajstić information content (AvgIpc) is 3.30. The van der Waals surface area contributed by atoms with Crippen molar-refractivity contribution < 1.29 is 20.1 Å². The normalized spacial score (nSPS) is 10.7. The van der Waals surface area contributed by atoms with Gasteiger partial charge in [-0.3, -0.25) is 9.97 Å². The molecule has 0 unspecified atom stereocenters. The molecule has 4 nitrogen and oxygen atoms in total. The summed E-state index contributed by atoms with van der Waals surface area (Å²) in [5.41, 5.74) is 16.2. The molecular formula is C54H38IrN4-2. The molecule has 0 N–H and O–H groups in total. The topological polar surface area (TPSA) is 51.6 Å². The van der Waals surface area contributed by atoms with E-state index in [0.717, 1.165) is 78.1 Å². The average molecular weight is 935 g/mol. The minimum absolute atomic E-state index is 0. The number of aromatic nitrogens is 4. The summed E-state index contributed by atoms with van der Waals surface area (Å²) in [6.07, 6.45) is 7.35. The second kappa shape index (κ2) is 17.7. The molecule has 0 bridgehead atoms. The van der Waals surface area contributed by atoms with Crippen molar-refractivity contribution >= 4 is 21.7 Å². The van der Waals surface area contributed by atoms with Gasteiger partial charge in [0.25, 0.3) is 0 Å². The molecule has 59 heavy (non-hydrogen) atoms. The van der Waals surface area contributed by atoms with Gasteiger partial charge in [-0.25, -0.2) is 0 Å². The number of benzene rings is 6. The molecule has 0 fully saturated rings. The van der Waals surface area contributed by atoms with Crippen LogP contribution in [0.4, 0.5) is 0 Å². The Morgan fingerprint density at radius 3 is 1.80 bits per heavy atom. The van der Waals surface area contributed by atoms with Crippen LogP contribution in [0, 0.1) is 26.0 Å². The van der Waals surface area contributed by atoms with Gasteiger partial charge < -0.3 is 9.97 Å². The van der Waals surface area contributed by atoms with E-state index in [4.69, 9.17) is 9.97 Å². The molecule has 5 heteroatoms. The zero-order valence-electron chi connectivity index (χ0n) is 32.6. The first kappa shape index (κ1) is 38.9. The molecule has 10 rings (SSSR count). The summed E-state index contributed by atoms with van der Waals surface area (Å²) >= 11 is 0. The summed E-state index contributed by atoms with van der Waals surface area (Å²) in [5, 5.41) is 3.59. The van der Waals surface area contributed by atoms with E-state index in [0.29, 0.717) is 0 Å². The van der Waals surface area contributed by atoms with Crippen molar-refractivity contribution in [3.8, 4) is 67.2 Å². The van der Waals surface area contributed by atoms with E-state index >= 15 is 0 Å². The van der Waals surface area contributed by atoms with Gasteiger partial charge in [0.15, 0.2) is 0 Å². The first-order valence-electron chi connectivity index (χ1n) is 19.4. The maximum atomic E-state index is 4.74. The third-order valence-corrected chi connectivity index (χ3v) is 10.4. The second-order valence-corrected chi connectivity index (χ2v) is 14.3. The molecule has 0 aliphatic carbocycles. The summed E-state index contributed by atoms with van der Waals surface area (Å²) in [4.78, 5) is 18.4. The van der Waals surface area contributed by atoms with E-state index in [1.165, 1.54) is 21.9 Å². The largest absolute Gasteiger partial charge is 0.305 e. The molecule has 0 amide bonds. The Bertz CT molecular complexity index is 2950. The van der Waals surface area contributed by atoms with Crippen molar-refractivity contribution in [1.82, 2.24) is 19.9 Å². The molecule has 1 radical (unpaired) electrons. The van der Waals surface area contributed by atoms with Crippen molar-refractivity contribution in [2.75, 3.05) is 0 Å². The molecule has 0 aliphatic rings. The van der Waals surface area contributed by atoms with Crippen molar-refractivity contribution in [2.24, 2.45) is 0 Å². The molecule has 0 spiro atoms. The molecular weight excluding hydrogens is 897 g/mol. The van der Waals surface area contributed by atoms with Gasteiger partial charge in [-0.2, -0.15) is 0 Å². The Morgan fingerprint density at radius 2 is 1.07 bits per heavy atom. The molecule has 0 atom stereocenters. The van der Waals surface area contributed by atoms with Crippen LogP contribution in [0.15, 0.2) is 195 Å². The van der Waals surface area contributed by atoms with Gasteiger partial charge in [-0.15, -0.1) is 59.2 Å². The van der Waals surface area contributed by atoms with Gasteiger partial charge in [0.1, 0.15) is 0 Å². The molecule has 4 aromatic heterocycles. The van der Waals surface area contributed by atoms with Crippen LogP contribution in [0.1, 0.15) is 11.1 Å². The first-order chi connectivity index (χ1) is 28.6. The van der Waals surface area contributed by atoms with E-state index in [2.05, 4.69) is 121 Å². The Morgan fingerprint density at radius 1 is 0.407 bits per heavy atom. The number of rotatable bonds is 6. The van der Waals surface area contributed by atoms with E-state index in [-0.39, 0.29) is 20.1 Å². The van der Waals surface area contributed by atoms with Gasteiger partial charge >= 0.3 is 0 Å². The SMILES string of the molecule is Cc1ccc2c(c1)c(-c1cc(-c3ccccn3)cc(-c3cc(-c4ccccn4)[c-]cc3C)c1)cc1ncccc12.[Ir].[c-]1cccc(-c2ccccc2)c1-c1ccccn1. The standard InChI is InChI=1S/C37H26N3.C17H12N.Ir/c1-24-11-14-30-31-8-7-17-40-37(31)23-33(34(30)18-24)28-19-27(20-29(21-28)36-10-4-6-16-39-36)32-22-26(13-12-25(32)2)35-9-3-5-15-38-35;1-2-8-14(9-3-1)15-10-4-5-11-16(15)17-12-6-7-13-18-17;/h3-12,14-23H,1-2H3;1-10,12-13H;/q2*-1;. The number of pyridine rings is 4. The predicted molar refractivity (Wildman–Crippen MR) is 239 cm³/mol. The van der Waals surface area contributed by atoms with Crippen LogP contribution in [-0.4, -0.2) is 19.9 Å². The van der Waals surface area contributed by atoms with Crippen molar-refractivity contribution in [3.05, 3.63) is 218 Å². The number of hydrogen-bond donors (Lipinski definition) is 0. The molecule has 10 aromatic rings. The van der Waals surface area contributed by atoms with Crippen molar-refractivity contribution in [1.29, 1.82) is 0 Å². The third kappa shape index (κ3) is 8.40. The fourth-order valence-corrected chi connectivity index (χ4v) is 7.51. The summed E-state index contributed by atoms with van der Waals surface area (Å²) < 4.78 is 0. The van der Waals surface area contributed by atoms with Gasteiger partial charge in [0.2, 0.25) is 0 Å². The Labute approximate surface area is 358 Å². The molecule has 6 aromatic carbocycles. The zero-order chi connectivity index (χ0) is 39.3. The van der Waals surface area contributed by atoms with Crippen LogP contribution in [-0.2, 0) is 20.1 Å². The Hall–Kier alpha value is -6.91. The number of nitrogens with zero attached hydrogens (tertiary/aromatic N) is 4. The van der Waals surface area contributed by atoms with Crippen LogP contribution < -0.4 is 0 Å². The fraction of sp³-hybridized carbons (Fsp3) is 0.0370. The van der Waals surface area contributed by atoms with Crippen LogP contribution in [0.25, 0.3) is 88.8 Å². The van der Waals surface area contributed by atoms with Crippen molar-refractivity contribution in [2.45, 2.75) is 13.8 Å². The smallest absolute Gasteiger partial charge is 0.0714 e. The predicted octanol–water partition coefficient (Wildman–Crippen LogP) is 13.5. The van der Waals surface area contributed by atoms with Gasteiger partial charge in [-0.1, -0.05) is 114 Å².